The zero-order valence-corrected chi connectivity index (χ0v) is 23.8. The summed E-state index contributed by atoms with van der Waals surface area (Å²) in [5.41, 5.74) is 0.265. The van der Waals surface area contributed by atoms with Crippen molar-refractivity contribution in [1.29, 1.82) is 0 Å². The van der Waals surface area contributed by atoms with Gasteiger partial charge in [-0.2, -0.15) is 0 Å². The Kier molecular flexibility index (Phi) is 8.84. The zero-order valence-electron chi connectivity index (χ0n) is 23.8. The lowest BCUT2D eigenvalue weighted by Gasteiger charge is -2.31. The number of carbonyl (C=O) groups excluding carboxylic acids is 2. The third-order valence-electron chi connectivity index (χ3n) is 8.15. The number of non-ortho nitro benzene ring substituents is 1. The molecule has 5 rings (SSSR count). The molecule has 0 aliphatic carbocycles. The van der Waals surface area contributed by atoms with Gasteiger partial charge < -0.3 is 15.2 Å². The molecule has 2 aliphatic heterocycles. The Morgan fingerprint density at radius 2 is 1.72 bits per heavy atom. The van der Waals surface area contributed by atoms with Gasteiger partial charge >= 0.3 is 5.97 Å². The molecular formula is C32H34N4O7. The second-order valence-electron chi connectivity index (χ2n) is 10.9. The Labute approximate surface area is 249 Å². The Morgan fingerprint density at radius 3 is 2.35 bits per heavy atom. The van der Waals surface area contributed by atoms with Gasteiger partial charge in [0.1, 0.15) is 11.3 Å². The molecule has 11 nitrogen and oxygen atoms in total. The van der Waals surface area contributed by atoms with Crippen LogP contribution in [0.5, 0.6) is 5.75 Å². The first-order chi connectivity index (χ1) is 20.7. The van der Waals surface area contributed by atoms with Gasteiger partial charge in [0.05, 0.1) is 23.4 Å². The number of carboxylic acid groups (broad SMARTS) is 1. The number of nitrogens with zero attached hydrogens (tertiary/aromatic N) is 2. The molecule has 4 unspecified atom stereocenters. The molecule has 3 aromatic rings. The van der Waals surface area contributed by atoms with Gasteiger partial charge in [0, 0.05) is 44.2 Å². The Balaban J connectivity index is 1.44. The van der Waals surface area contributed by atoms with Crippen molar-refractivity contribution in [2.24, 2.45) is 11.8 Å². The summed E-state index contributed by atoms with van der Waals surface area (Å²) in [6.07, 6.45) is 0.695. The number of aliphatic carboxylic acids is 1. The number of imide groups is 1. The highest BCUT2D eigenvalue weighted by Gasteiger charge is 2.68. The summed E-state index contributed by atoms with van der Waals surface area (Å²) in [5.74, 6) is -3.71. The van der Waals surface area contributed by atoms with E-state index in [9.17, 15) is 29.6 Å². The van der Waals surface area contributed by atoms with Crippen LogP contribution in [0.2, 0.25) is 0 Å². The molecule has 3 N–H and O–H groups in total. The van der Waals surface area contributed by atoms with Crippen molar-refractivity contribution in [2.75, 3.05) is 19.7 Å². The number of nitro benzene ring substituents is 1. The van der Waals surface area contributed by atoms with Crippen LogP contribution in [-0.4, -0.2) is 57.9 Å². The molecule has 2 fully saturated rings. The van der Waals surface area contributed by atoms with E-state index in [4.69, 9.17) is 4.74 Å². The summed E-state index contributed by atoms with van der Waals surface area (Å²) in [4.78, 5) is 52.7. The fourth-order valence-electron chi connectivity index (χ4n) is 6.07. The molecule has 2 aliphatic rings. The van der Waals surface area contributed by atoms with E-state index < -0.39 is 46.1 Å². The smallest absolute Gasteiger partial charge is 0.325 e. The van der Waals surface area contributed by atoms with Gasteiger partial charge in [-0.25, -0.2) is 0 Å². The number of likely N-dealkylation sites (tertiary alicyclic amines) is 1. The summed E-state index contributed by atoms with van der Waals surface area (Å²) in [6, 6.07) is 21.6. The van der Waals surface area contributed by atoms with E-state index in [0.29, 0.717) is 36.6 Å². The molecule has 0 aromatic heterocycles. The molecule has 0 saturated carbocycles. The van der Waals surface area contributed by atoms with E-state index in [0.717, 1.165) is 12.0 Å². The van der Waals surface area contributed by atoms with E-state index in [1.54, 1.807) is 24.3 Å². The molecule has 2 saturated heterocycles. The summed E-state index contributed by atoms with van der Waals surface area (Å²) in [6.45, 7) is 3.54. The highest BCUT2D eigenvalue weighted by atomic mass is 16.6. The summed E-state index contributed by atoms with van der Waals surface area (Å²) in [7, 11) is 0. The zero-order chi connectivity index (χ0) is 30.6. The average Bonchev–Trinajstić information content (AvgIpc) is 3.48. The highest BCUT2D eigenvalue weighted by Crippen LogP contribution is 2.50. The summed E-state index contributed by atoms with van der Waals surface area (Å²) < 4.78 is 5.69. The van der Waals surface area contributed by atoms with Gasteiger partial charge in [0.25, 0.3) is 5.69 Å². The minimum Gasteiger partial charge on any atom is -0.494 e. The van der Waals surface area contributed by atoms with E-state index in [-0.39, 0.29) is 18.7 Å². The molecule has 2 amide bonds. The fourth-order valence-corrected chi connectivity index (χ4v) is 6.07. The van der Waals surface area contributed by atoms with Crippen LogP contribution in [-0.2, 0) is 27.3 Å². The van der Waals surface area contributed by atoms with E-state index in [1.807, 2.05) is 37.3 Å². The number of ether oxygens (including phenoxy) is 1. The topological polar surface area (TPSA) is 151 Å². The summed E-state index contributed by atoms with van der Waals surface area (Å²) >= 11 is 0. The molecule has 3 aromatic carbocycles. The standard InChI is InChI=1S/C32H34N4O7/c1-2-18-43-25-14-10-23(11-15-25)28-26-27(30(38)35(29(26)37)17-16-33-20-22-6-4-3-5-7-22)32(34-28,31(39)40)19-21-8-12-24(13-9-21)36(41)42/h3-15,26-28,33-34H,2,16-20H2,1H3,(H,39,40). The average molecular weight is 587 g/mol. The second-order valence-corrected chi connectivity index (χ2v) is 10.9. The molecule has 0 bridgehead atoms. The predicted octanol–water partition coefficient (Wildman–Crippen LogP) is 3.49. The molecule has 2 heterocycles. The molecule has 0 radical (unpaired) electrons. The van der Waals surface area contributed by atoms with Crippen molar-refractivity contribution in [2.45, 2.75) is 37.9 Å². The van der Waals surface area contributed by atoms with Crippen LogP contribution in [0.4, 0.5) is 5.69 Å². The van der Waals surface area contributed by atoms with Gasteiger partial charge in [0.2, 0.25) is 11.8 Å². The molecule has 0 spiro atoms. The number of fused-ring (bicyclic) bond motifs is 1. The molecular weight excluding hydrogens is 552 g/mol. The number of nitrogens with one attached hydrogen (secondary N) is 2. The lowest BCUT2D eigenvalue weighted by Crippen LogP contribution is -2.57. The second kappa shape index (κ2) is 12.7. The number of carbonyl (C=O) groups is 3. The molecule has 11 heteroatoms. The maximum Gasteiger partial charge on any atom is 0.325 e. The van der Waals surface area contributed by atoms with Crippen molar-refractivity contribution in [1.82, 2.24) is 15.5 Å². The number of rotatable bonds is 13. The van der Waals surface area contributed by atoms with Crippen LogP contribution < -0.4 is 15.4 Å². The quantitative estimate of drug-likeness (QED) is 0.118. The van der Waals surface area contributed by atoms with Gasteiger partial charge in [-0.15, -0.1) is 0 Å². The van der Waals surface area contributed by atoms with Crippen LogP contribution >= 0.6 is 0 Å². The Morgan fingerprint density at radius 1 is 1.02 bits per heavy atom. The van der Waals surface area contributed by atoms with Crippen LogP contribution in [0.25, 0.3) is 0 Å². The number of hydrogen-bond donors (Lipinski definition) is 3. The lowest BCUT2D eigenvalue weighted by molar-refractivity contribution is -0.384. The number of carboxylic acids is 1. The molecule has 4 atom stereocenters. The van der Waals surface area contributed by atoms with Gasteiger partial charge in [-0.3, -0.25) is 34.7 Å². The minimum absolute atomic E-state index is 0.0985. The number of nitro groups is 1. The van der Waals surface area contributed by atoms with Crippen LogP contribution in [0.3, 0.4) is 0 Å². The first kappa shape index (κ1) is 29.9. The Bertz CT molecular complexity index is 1480. The van der Waals surface area contributed by atoms with Crippen LogP contribution in [0.15, 0.2) is 78.9 Å². The first-order valence-electron chi connectivity index (χ1n) is 14.3. The van der Waals surface area contributed by atoms with E-state index in [2.05, 4.69) is 10.6 Å². The number of benzene rings is 3. The maximum atomic E-state index is 13.9. The van der Waals surface area contributed by atoms with E-state index in [1.165, 1.54) is 29.2 Å². The maximum absolute atomic E-state index is 13.9. The van der Waals surface area contributed by atoms with Gasteiger partial charge in [-0.05, 0) is 35.2 Å². The predicted molar refractivity (Wildman–Crippen MR) is 157 cm³/mol. The molecule has 224 valence electrons. The van der Waals surface area contributed by atoms with Crippen molar-refractivity contribution in [3.8, 4) is 5.75 Å². The number of hydrogen-bond acceptors (Lipinski definition) is 8. The van der Waals surface area contributed by atoms with Gasteiger partial charge in [-0.1, -0.05) is 61.5 Å². The summed E-state index contributed by atoms with van der Waals surface area (Å²) in [5, 5.41) is 28.3. The largest absolute Gasteiger partial charge is 0.494 e. The van der Waals surface area contributed by atoms with Crippen molar-refractivity contribution >= 4 is 23.5 Å². The van der Waals surface area contributed by atoms with E-state index >= 15 is 0 Å². The highest BCUT2D eigenvalue weighted by molar-refractivity contribution is 6.09. The first-order valence-corrected chi connectivity index (χ1v) is 14.3. The van der Waals surface area contributed by atoms with Crippen molar-refractivity contribution in [3.05, 3.63) is 106 Å². The van der Waals surface area contributed by atoms with Crippen molar-refractivity contribution in [3.63, 3.8) is 0 Å². The lowest BCUT2D eigenvalue weighted by atomic mass is 9.76. The normalized spacial score (nSPS) is 22.9. The SMILES string of the molecule is CCCOc1ccc(C2NC(Cc3ccc([N+](=O)[O-])cc3)(C(=O)O)C3C(=O)N(CCNCc4ccccc4)C(=O)C23)cc1. The monoisotopic (exact) mass is 586 g/mol. The van der Waals surface area contributed by atoms with Crippen LogP contribution in [0, 0.1) is 22.0 Å². The third kappa shape index (κ3) is 5.99. The minimum atomic E-state index is -1.82. The molecule has 43 heavy (non-hydrogen) atoms. The Hall–Kier alpha value is -4.61. The van der Waals surface area contributed by atoms with Crippen LogP contribution in [0.1, 0.15) is 36.1 Å². The number of amides is 2. The van der Waals surface area contributed by atoms with Gasteiger partial charge in [0.15, 0.2) is 0 Å². The van der Waals surface area contributed by atoms with Crippen molar-refractivity contribution < 1.29 is 29.2 Å². The fraction of sp³-hybridized carbons (Fsp3) is 0.344. The third-order valence-corrected chi connectivity index (χ3v) is 8.15.